The molecule has 0 amide bonds. The monoisotopic (exact) mass is 669 g/mol. The van der Waals surface area contributed by atoms with Gasteiger partial charge < -0.3 is 0 Å². The summed E-state index contributed by atoms with van der Waals surface area (Å²) in [6.45, 7) is 8.63. The number of nitrogens with zero attached hydrogens (tertiary/aromatic N) is 3. The van der Waals surface area contributed by atoms with Gasteiger partial charge in [0.15, 0.2) is 17.5 Å². The van der Waals surface area contributed by atoms with Gasteiger partial charge in [-0.05, 0) is 103 Å². The van der Waals surface area contributed by atoms with E-state index in [-0.39, 0.29) is 0 Å². The average molecular weight is 670 g/mol. The van der Waals surface area contributed by atoms with Gasteiger partial charge >= 0.3 is 0 Å². The molecule has 7 aromatic carbocycles. The molecule has 0 aliphatic carbocycles. The van der Waals surface area contributed by atoms with Gasteiger partial charge in [0.1, 0.15) is 0 Å². The third-order valence-electron chi connectivity index (χ3n) is 9.39. The van der Waals surface area contributed by atoms with E-state index in [1.165, 1.54) is 44.5 Å². The predicted octanol–water partition coefficient (Wildman–Crippen LogP) is 12.8. The minimum Gasteiger partial charge on any atom is -0.208 e. The van der Waals surface area contributed by atoms with E-state index in [0.717, 1.165) is 38.9 Å². The highest BCUT2D eigenvalue weighted by atomic mass is 15.0. The lowest BCUT2D eigenvalue weighted by atomic mass is 9.92. The van der Waals surface area contributed by atoms with Crippen LogP contribution in [-0.2, 0) is 0 Å². The van der Waals surface area contributed by atoms with Crippen molar-refractivity contribution in [2.45, 2.75) is 27.7 Å². The smallest absolute Gasteiger partial charge is 0.164 e. The average Bonchev–Trinajstić information content (AvgIpc) is 3.17. The first-order valence-corrected chi connectivity index (χ1v) is 17.8. The van der Waals surface area contributed by atoms with Crippen molar-refractivity contribution in [2.24, 2.45) is 0 Å². The van der Waals surface area contributed by atoms with Gasteiger partial charge in [0.25, 0.3) is 0 Å². The van der Waals surface area contributed by atoms with Crippen LogP contribution in [0.15, 0.2) is 164 Å². The summed E-state index contributed by atoms with van der Waals surface area (Å²) in [4.78, 5) is 15.2. The largest absolute Gasteiger partial charge is 0.208 e. The number of rotatable bonds is 7. The standard InChI is InChI=1S/C49H39N3/c1-32-21-33(2)24-42(23-32)38-17-11-19-40(27-38)44-29-45(41-20-12-18-39(28-41)43-25-34(3)22-35(4)26-43)31-46(30-44)49-51-47(36-13-7-5-8-14-36)50-48(52-49)37-15-9-6-10-16-37/h5-31H,1-4H3. The third kappa shape index (κ3) is 7.08. The Morgan fingerprint density at radius 2 is 0.500 bits per heavy atom. The van der Waals surface area contributed by atoms with E-state index < -0.39 is 0 Å². The van der Waals surface area contributed by atoms with Crippen molar-refractivity contribution in [1.29, 1.82) is 0 Å². The number of aromatic nitrogens is 3. The second kappa shape index (κ2) is 14.0. The maximum atomic E-state index is 5.12. The summed E-state index contributed by atoms with van der Waals surface area (Å²) in [6.07, 6.45) is 0. The third-order valence-corrected chi connectivity index (χ3v) is 9.39. The first-order chi connectivity index (χ1) is 25.3. The summed E-state index contributed by atoms with van der Waals surface area (Å²) >= 11 is 0. The molecule has 0 aliphatic rings. The number of benzene rings is 7. The first kappa shape index (κ1) is 32.7. The molecular weight excluding hydrogens is 631 g/mol. The van der Waals surface area contributed by atoms with Gasteiger partial charge in [0.05, 0.1) is 0 Å². The molecule has 0 spiro atoms. The highest BCUT2D eigenvalue weighted by Gasteiger charge is 2.16. The Kier molecular flexibility index (Phi) is 8.84. The van der Waals surface area contributed by atoms with Crippen molar-refractivity contribution in [1.82, 2.24) is 15.0 Å². The molecule has 1 heterocycles. The second-order valence-electron chi connectivity index (χ2n) is 13.8. The van der Waals surface area contributed by atoms with Crippen LogP contribution >= 0.6 is 0 Å². The number of hydrogen-bond donors (Lipinski definition) is 0. The molecule has 8 aromatic rings. The fraction of sp³-hybridized carbons (Fsp3) is 0.0816. The van der Waals surface area contributed by atoms with Crippen LogP contribution in [0.1, 0.15) is 22.3 Å². The van der Waals surface area contributed by atoms with Gasteiger partial charge in [-0.2, -0.15) is 0 Å². The van der Waals surface area contributed by atoms with Crippen LogP contribution in [0.2, 0.25) is 0 Å². The molecule has 0 radical (unpaired) electrons. The van der Waals surface area contributed by atoms with E-state index in [2.05, 4.69) is 131 Å². The molecule has 8 rings (SSSR count). The molecule has 1 aromatic heterocycles. The van der Waals surface area contributed by atoms with E-state index in [1.54, 1.807) is 0 Å². The molecule has 52 heavy (non-hydrogen) atoms. The summed E-state index contributed by atoms with van der Waals surface area (Å²) in [5, 5.41) is 0. The van der Waals surface area contributed by atoms with E-state index >= 15 is 0 Å². The van der Waals surface area contributed by atoms with Crippen molar-refractivity contribution in [3.05, 3.63) is 186 Å². The molecule has 0 saturated heterocycles. The van der Waals surface area contributed by atoms with E-state index in [0.29, 0.717) is 17.5 Å². The molecule has 0 fully saturated rings. The lowest BCUT2D eigenvalue weighted by Crippen LogP contribution is -2.00. The quantitative estimate of drug-likeness (QED) is 0.169. The van der Waals surface area contributed by atoms with E-state index in [4.69, 9.17) is 15.0 Å². The maximum Gasteiger partial charge on any atom is 0.164 e. The van der Waals surface area contributed by atoms with Gasteiger partial charge in [-0.3, -0.25) is 0 Å². The van der Waals surface area contributed by atoms with Crippen molar-refractivity contribution in [3.63, 3.8) is 0 Å². The fourth-order valence-corrected chi connectivity index (χ4v) is 7.07. The van der Waals surface area contributed by atoms with Gasteiger partial charge in [-0.25, -0.2) is 15.0 Å². The Bertz CT molecular complexity index is 2340. The van der Waals surface area contributed by atoms with E-state index in [1.807, 2.05) is 60.7 Å². The van der Waals surface area contributed by atoms with Crippen molar-refractivity contribution in [3.8, 4) is 78.7 Å². The Hall–Kier alpha value is -6.45. The Labute approximate surface area is 306 Å². The van der Waals surface area contributed by atoms with Crippen LogP contribution < -0.4 is 0 Å². The first-order valence-electron chi connectivity index (χ1n) is 17.8. The Balaban J connectivity index is 1.33. The van der Waals surface area contributed by atoms with Crippen LogP contribution in [0.25, 0.3) is 78.7 Å². The lowest BCUT2D eigenvalue weighted by Gasteiger charge is -2.14. The molecule has 0 unspecified atom stereocenters. The molecule has 0 bridgehead atoms. The molecule has 0 aliphatic heterocycles. The zero-order chi connectivity index (χ0) is 35.6. The number of aryl methyl sites for hydroxylation is 4. The molecule has 0 saturated carbocycles. The lowest BCUT2D eigenvalue weighted by molar-refractivity contribution is 1.07. The second-order valence-corrected chi connectivity index (χ2v) is 13.8. The van der Waals surface area contributed by atoms with Gasteiger partial charge in [0.2, 0.25) is 0 Å². The molecule has 3 nitrogen and oxygen atoms in total. The fourth-order valence-electron chi connectivity index (χ4n) is 7.07. The van der Waals surface area contributed by atoms with Crippen LogP contribution in [0.3, 0.4) is 0 Å². The highest BCUT2D eigenvalue weighted by Crippen LogP contribution is 2.36. The molecule has 3 heteroatoms. The van der Waals surface area contributed by atoms with Gasteiger partial charge in [-0.15, -0.1) is 0 Å². The number of hydrogen-bond acceptors (Lipinski definition) is 3. The van der Waals surface area contributed by atoms with Crippen LogP contribution in [0.5, 0.6) is 0 Å². The minimum atomic E-state index is 0.631. The van der Waals surface area contributed by atoms with Crippen LogP contribution in [0, 0.1) is 27.7 Å². The predicted molar refractivity (Wildman–Crippen MR) is 217 cm³/mol. The highest BCUT2D eigenvalue weighted by molar-refractivity contribution is 5.84. The van der Waals surface area contributed by atoms with Crippen molar-refractivity contribution >= 4 is 0 Å². The SMILES string of the molecule is Cc1cc(C)cc(-c2cccc(-c3cc(-c4cccc(-c5cc(C)cc(C)c5)c4)cc(-c4nc(-c5ccccc5)nc(-c5ccccc5)n4)c3)c2)c1. The van der Waals surface area contributed by atoms with Crippen LogP contribution in [0.4, 0.5) is 0 Å². The summed E-state index contributed by atoms with van der Waals surface area (Å²) in [5.74, 6) is 1.92. The molecule has 250 valence electrons. The van der Waals surface area contributed by atoms with Crippen LogP contribution in [-0.4, -0.2) is 15.0 Å². The summed E-state index contributed by atoms with van der Waals surface area (Å²) in [7, 11) is 0. The Morgan fingerprint density at radius 1 is 0.231 bits per heavy atom. The summed E-state index contributed by atoms with van der Waals surface area (Å²) in [5.41, 5.74) is 17.1. The zero-order valence-corrected chi connectivity index (χ0v) is 29.9. The maximum absolute atomic E-state index is 5.12. The van der Waals surface area contributed by atoms with Gasteiger partial charge in [-0.1, -0.05) is 156 Å². The van der Waals surface area contributed by atoms with Crippen molar-refractivity contribution in [2.75, 3.05) is 0 Å². The zero-order valence-electron chi connectivity index (χ0n) is 29.9. The van der Waals surface area contributed by atoms with E-state index in [9.17, 15) is 0 Å². The molecule has 0 atom stereocenters. The topological polar surface area (TPSA) is 38.7 Å². The minimum absolute atomic E-state index is 0.631. The normalized spacial score (nSPS) is 11.1. The molecule has 0 N–H and O–H groups in total. The van der Waals surface area contributed by atoms with Gasteiger partial charge in [0, 0.05) is 16.7 Å². The van der Waals surface area contributed by atoms with Crippen molar-refractivity contribution < 1.29 is 0 Å². The summed E-state index contributed by atoms with van der Waals surface area (Å²) < 4.78 is 0. The summed E-state index contributed by atoms with van der Waals surface area (Å²) in [6, 6.07) is 58.2. The Morgan fingerprint density at radius 3 is 0.865 bits per heavy atom. The molecular formula is C49H39N3.